The first-order valence-corrected chi connectivity index (χ1v) is 21.6. The summed E-state index contributed by atoms with van der Waals surface area (Å²) in [6, 6.07) is 45.2. The molecule has 7 nitrogen and oxygen atoms in total. The summed E-state index contributed by atoms with van der Waals surface area (Å²) in [7, 11) is 0. The van der Waals surface area contributed by atoms with Crippen LogP contribution in [0.5, 0.6) is 0 Å². The highest BCUT2D eigenvalue weighted by Crippen LogP contribution is 2.23. The molecule has 0 atom stereocenters. The van der Waals surface area contributed by atoms with Gasteiger partial charge in [0.15, 0.2) is 0 Å². The molecule has 0 spiro atoms. The maximum atomic E-state index is 7.11. The number of hydrogen-bond acceptors (Lipinski definition) is 2. The fourth-order valence-electron chi connectivity index (χ4n) is 6.73. The molecule has 0 bridgehead atoms. The Morgan fingerprint density at radius 2 is 1.06 bits per heavy atom. The Balaban J connectivity index is 0.000000143. The van der Waals surface area contributed by atoms with Crippen molar-refractivity contribution in [2.45, 2.75) is 61.9 Å². The first kappa shape index (κ1) is 47.5. The van der Waals surface area contributed by atoms with Crippen molar-refractivity contribution < 1.29 is 0 Å². The third kappa shape index (κ3) is 14.3. The van der Waals surface area contributed by atoms with Crippen molar-refractivity contribution >= 4 is 72.6 Å². The summed E-state index contributed by atoms with van der Waals surface area (Å²) in [6.07, 6.45) is 3.86. The van der Waals surface area contributed by atoms with E-state index in [1.807, 2.05) is 55.7 Å². The Labute approximate surface area is 381 Å². The van der Waals surface area contributed by atoms with Crippen molar-refractivity contribution in [3.8, 4) is 0 Å². The van der Waals surface area contributed by atoms with Gasteiger partial charge in [-0.1, -0.05) is 125 Å². The molecule has 0 saturated carbocycles. The molecule has 4 heterocycles. The molecular formula is C54H59Cl2N7. The van der Waals surface area contributed by atoms with E-state index in [-0.39, 0.29) is 5.84 Å². The van der Waals surface area contributed by atoms with E-state index in [0.29, 0.717) is 11.7 Å². The number of amidine groups is 1. The van der Waals surface area contributed by atoms with Gasteiger partial charge < -0.3 is 31.4 Å². The molecule has 10 aromatic rings. The van der Waals surface area contributed by atoms with Gasteiger partial charge in [-0.05, 0) is 137 Å². The van der Waals surface area contributed by atoms with Crippen LogP contribution in [0, 0.1) is 60.8 Å². The van der Waals surface area contributed by atoms with Crippen molar-refractivity contribution in [1.29, 1.82) is 5.41 Å². The van der Waals surface area contributed by atoms with Crippen LogP contribution in [0.4, 0.5) is 0 Å². The lowest BCUT2D eigenvalue weighted by molar-refractivity contribution is 1.07. The topological polar surface area (TPSA) is 139 Å². The number of aryl methyl sites for hydroxylation is 8. The lowest BCUT2D eigenvalue weighted by Crippen LogP contribution is -2.10. The Bertz CT molecular complexity index is 2860. The maximum Gasteiger partial charge on any atom is 0.122 e. The van der Waals surface area contributed by atoms with Crippen molar-refractivity contribution in [2.24, 2.45) is 11.5 Å². The van der Waals surface area contributed by atoms with E-state index in [9.17, 15) is 0 Å². The summed E-state index contributed by atoms with van der Waals surface area (Å²) in [5.74, 6) is 0.128. The van der Waals surface area contributed by atoms with Gasteiger partial charge in [0.2, 0.25) is 0 Å². The third-order valence-corrected chi connectivity index (χ3v) is 10.7. The Hall–Kier alpha value is -6.51. The quantitative estimate of drug-likeness (QED) is 0.0687. The molecule has 9 heteroatoms. The van der Waals surface area contributed by atoms with E-state index in [4.69, 9.17) is 40.1 Å². The summed E-state index contributed by atoms with van der Waals surface area (Å²) >= 11 is 11.7. The molecule has 0 radical (unpaired) electrons. The molecule has 9 N–H and O–H groups in total. The second kappa shape index (κ2) is 22.5. The number of halogens is 2. The molecule has 0 aliphatic rings. The Kier molecular flexibility index (Phi) is 17.0. The standard InChI is InChI=1S/2C10H11N.2C9H8ClN.C8H10N2.C8H11N/c1-7-3-4-10-9(5-7)6-8(2)11-10;1-7-3-4-9-8(2)6-11-10(9)5-7;1-6-2-3-7-8(10)5-11-9(7)4-6;1-6-2-3-7-5-9(10)11-8(7)4-6;1-6-3-2-4-7(5-6)8(9)10;1-7-2-4-8(6-9)5-3-7/h2*3-6,11H,1-2H3;2*2-5,11H,1H3;2-5H,1H3,(H3,9,10);2-5H,6,9H2,1H3. The number of nitrogen functional groups attached to an aromatic ring is 1. The van der Waals surface area contributed by atoms with Crippen molar-refractivity contribution in [3.05, 3.63) is 212 Å². The first-order chi connectivity index (χ1) is 30.1. The van der Waals surface area contributed by atoms with Crippen LogP contribution in [0.1, 0.15) is 55.8 Å². The summed E-state index contributed by atoms with van der Waals surface area (Å²) in [4.78, 5) is 12.7. The van der Waals surface area contributed by atoms with E-state index in [2.05, 4.69) is 165 Å². The number of nitrogens with two attached hydrogens (primary N) is 2. The van der Waals surface area contributed by atoms with E-state index in [1.165, 1.54) is 71.8 Å². The fraction of sp³-hybridized carbons (Fsp3) is 0.167. The monoisotopic (exact) mass is 875 g/mol. The molecule has 0 aliphatic heterocycles. The number of hydrogen-bond donors (Lipinski definition) is 7. The average molecular weight is 877 g/mol. The van der Waals surface area contributed by atoms with E-state index >= 15 is 0 Å². The summed E-state index contributed by atoms with van der Waals surface area (Å²) in [5.41, 5.74) is 27.4. The number of aromatic amines is 4. The number of nitrogens with one attached hydrogen (secondary N) is 5. The van der Waals surface area contributed by atoms with Crippen molar-refractivity contribution in [1.82, 2.24) is 19.9 Å². The van der Waals surface area contributed by atoms with Gasteiger partial charge in [-0.15, -0.1) is 0 Å². The minimum Gasteiger partial charge on any atom is -0.384 e. The second-order valence-electron chi connectivity index (χ2n) is 15.9. The van der Waals surface area contributed by atoms with Crippen molar-refractivity contribution in [2.75, 3.05) is 0 Å². The lowest BCUT2D eigenvalue weighted by Gasteiger charge is -1.97. The number of fused-ring (bicyclic) bond motifs is 4. The van der Waals surface area contributed by atoms with Gasteiger partial charge in [0.1, 0.15) is 11.0 Å². The van der Waals surface area contributed by atoms with E-state index in [1.54, 1.807) is 0 Å². The van der Waals surface area contributed by atoms with Crippen LogP contribution in [0.15, 0.2) is 146 Å². The molecule has 10 rings (SSSR count). The molecule has 4 aromatic heterocycles. The minimum absolute atomic E-state index is 0.128. The average Bonchev–Trinajstić information content (AvgIpc) is 4.02. The zero-order chi connectivity index (χ0) is 45.6. The molecule has 0 fully saturated rings. The number of benzene rings is 6. The fourth-order valence-corrected chi connectivity index (χ4v) is 7.17. The van der Waals surface area contributed by atoms with E-state index < -0.39 is 0 Å². The van der Waals surface area contributed by atoms with Gasteiger partial charge in [0, 0.05) is 68.4 Å². The molecule has 0 saturated heterocycles. The van der Waals surface area contributed by atoms with Crippen LogP contribution >= 0.6 is 23.2 Å². The normalized spacial score (nSPS) is 10.3. The lowest BCUT2D eigenvalue weighted by atomic mass is 10.1. The summed E-state index contributed by atoms with van der Waals surface area (Å²) in [5, 5.41) is 13.5. The highest BCUT2D eigenvalue weighted by molar-refractivity contribution is 6.35. The molecule has 63 heavy (non-hydrogen) atoms. The SMILES string of the molecule is Cc1ccc(CN)cc1.Cc1ccc2[nH]c(C)cc2c1.Cc1ccc2c(C)c[nH]c2c1.Cc1ccc2c(Cl)c[nH]c2c1.Cc1ccc2cc(Cl)[nH]c2c1.Cc1cccc(C(=N)N)c1. The first-order valence-electron chi connectivity index (χ1n) is 20.8. The summed E-state index contributed by atoms with van der Waals surface area (Å²) < 4.78 is 0. The molecule has 6 aromatic carbocycles. The zero-order valence-electron chi connectivity index (χ0n) is 37.5. The van der Waals surface area contributed by atoms with Gasteiger partial charge >= 0.3 is 0 Å². The van der Waals surface area contributed by atoms with Crippen LogP contribution in [0.3, 0.4) is 0 Å². The molecular weight excluding hydrogens is 818 g/mol. The van der Waals surface area contributed by atoms with Crippen LogP contribution in [0.25, 0.3) is 43.6 Å². The van der Waals surface area contributed by atoms with Gasteiger partial charge in [0.25, 0.3) is 0 Å². The third-order valence-electron chi connectivity index (χ3n) is 10.2. The predicted molar refractivity (Wildman–Crippen MR) is 273 cm³/mol. The highest BCUT2D eigenvalue weighted by atomic mass is 35.5. The van der Waals surface area contributed by atoms with Crippen molar-refractivity contribution in [3.63, 3.8) is 0 Å². The number of rotatable bonds is 2. The van der Waals surface area contributed by atoms with Crippen LogP contribution in [-0.2, 0) is 6.54 Å². The van der Waals surface area contributed by atoms with E-state index in [0.717, 1.165) is 32.6 Å². The predicted octanol–water partition coefficient (Wildman–Crippen LogP) is 14.6. The smallest absolute Gasteiger partial charge is 0.122 e. The van der Waals surface area contributed by atoms with Gasteiger partial charge in [0.05, 0.1) is 5.02 Å². The molecule has 0 unspecified atom stereocenters. The molecule has 324 valence electrons. The highest BCUT2D eigenvalue weighted by Gasteiger charge is 2.00. The maximum absolute atomic E-state index is 7.11. The Morgan fingerprint density at radius 1 is 0.508 bits per heavy atom. The largest absolute Gasteiger partial charge is 0.384 e. The van der Waals surface area contributed by atoms with Gasteiger partial charge in [-0.25, -0.2) is 0 Å². The van der Waals surface area contributed by atoms with Gasteiger partial charge in [-0.2, -0.15) is 0 Å². The number of H-pyrrole nitrogens is 4. The van der Waals surface area contributed by atoms with Crippen LogP contribution in [-0.4, -0.2) is 25.8 Å². The van der Waals surface area contributed by atoms with Gasteiger partial charge in [-0.3, -0.25) is 5.41 Å². The minimum atomic E-state index is 0.128. The number of aromatic nitrogens is 4. The van der Waals surface area contributed by atoms with Crippen LogP contribution < -0.4 is 11.5 Å². The second-order valence-corrected chi connectivity index (χ2v) is 16.7. The Morgan fingerprint density at radius 3 is 1.70 bits per heavy atom. The zero-order valence-corrected chi connectivity index (χ0v) is 39.0. The van der Waals surface area contributed by atoms with Crippen LogP contribution in [0.2, 0.25) is 10.2 Å². The molecule has 0 aliphatic carbocycles. The molecule has 0 amide bonds. The summed E-state index contributed by atoms with van der Waals surface area (Å²) in [6.45, 7) is 17.2.